The summed E-state index contributed by atoms with van der Waals surface area (Å²) in [5, 5.41) is 6.48. The van der Waals surface area contributed by atoms with Crippen LogP contribution in [0.25, 0.3) is 0 Å². The van der Waals surface area contributed by atoms with Crippen LogP contribution in [0.5, 0.6) is 0 Å². The van der Waals surface area contributed by atoms with Crippen LogP contribution in [0.3, 0.4) is 0 Å². The topological polar surface area (TPSA) is 84.5 Å². The molecule has 8 heteroatoms. The summed E-state index contributed by atoms with van der Waals surface area (Å²) in [4.78, 5) is 40.2. The van der Waals surface area contributed by atoms with Gasteiger partial charge in [0.1, 0.15) is 5.00 Å². The maximum atomic E-state index is 12.8. The van der Waals surface area contributed by atoms with Crippen LogP contribution in [0.4, 0.5) is 10.7 Å². The van der Waals surface area contributed by atoms with E-state index in [1.54, 1.807) is 13.0 Å². The van der Waals surface area contributed by atoms with E-state index in [9.17, 15) is 14.4 Å². The molecule has 0 aliphatic heterocycles. The Bertz CT molecular complexity index is 1270. The van der Waals surface area contributed by atoms with Crippen molar-refractivity contribution < 1.29 is 19.1 Å². The lowest BCUT2D eigenvalue weighted by Crippen LogP contribution is -2.17. The van der Waals surface area contributed by atoms with E-state index in [2.05, 4.69) is 10.6 Å². The minimum absolute atomic E-state index is 0.169. The Balaban J connectivity index is 1.41. The second-order valence-electron chi connectivity index (χ2n) is 8.62. The summed E-state index contributed by atoms with van der Waals surface area (Å²) in [5.41, 5.74) is 3.77. The van der Waals surface area contributed by atoms with Crippen molar-refractivity contribution in [3.8, 4) is 0 Å². The number of carbonyl (C=O) groups is 3. The van der Waals surface area contributed by atoms with Gasteiger partial charge in [0, 0.05) is 21.0 Å². The third-order valence-electron chi connectivity index (χ3n) is 6.01. The highest BCUT2D eigenvalue weighted by atomic mass is 32.2. The lowest BCUT2D eigenvalue weighted by atomic mass is 10.1. The maximum Gasteiger partial charge on any atom is 0.341 e. The van der Waals surface area contributed by atoms with E-state index in [0.29, 0.717) is 28.4 Å². The number of ether oxygens (including phenoxy) is 1. The second-order valence-corrected chi connectivity index (χ2v) is 10.8. The minimum Gasteiger partial charge on any atom is -0.462 e. The van der Waals surface area contributed by atoms with Gasteiger partial charge in [-0.1, -0.05) is 30.7 Å². The average molecular weight is 523 g/mol. The molecule has 0 radical (unpaired) electrons. The second kappa shape index (κ2) is 12.2. The lowest BCUT2D eigenvalue weighted by Gasteiger charge is -2.10. The Morgan fingerprint density at radius 3 is 2.61 bits per heavy atom. The Labute approximate surface area is 219 Å². The molecular weight excluding hydrogens is 492 g/mol. The van der Waals surface area contributed by atoms with Crippen molar-refractivity contribution in [2.75, 3.05) is 23.0 Å². The number of anilines is 2. The molecule has 2 amide bonds. The third-order valence-corrected chi connectivity index (χ3v) is 8.21. The number of thiophene rings is 1. The Morgan fingerprint density at radius 1 is 1.00 bits per heavy atom. The van der Waals surface area contributed by atoms with Gasteiger partial charge in [0.25, 0.3) is 5.91 Å². The van der Waals surface area contributed by atoms with Crippen LogP contribution in [0.2, 0.25) is 0 Å². The van der Waals surface area contributed by atoms with Crippen molar-refractivity contribution in [3.05, 3.63) is 75.7 Å². The minimum atomic E-state index is -0.364. The summed E-state index contributed by atoms with van der Waals surface area (Å²) < 4.78 is 5.31. The predicted molar refractivity (Wildman–Crippen MR) is 146 cm³/mol. The van der Waals surface area contributed by atoms with Gasteiger partial charge in [-0.2, -0.15) is 0 Å². The van der Waals surface area contributed by atoms with Crippen LogP contribution in [0.1, 0.15) is 62.9 Å². The molecule has 4 rings (SSSR count). The highest BCUT2D eigenvalue weighted by molar-refractivity contribution is 8.00. The van der Waals surface area contributed by atoms with Crippen LogP contribution >= 0.6 is 23.1 Å². The first-order valence-corrected chi connectivity index (χ1v) is 14.0. The van der Waals surface area contributed by atoms with Gasteiger partial charge in [-0.25, -0.2) is 4.79 Å². The van der Waals surface area contributed by atoms with Gasteiger partial charge in [0.05, 0.1) is 17.9 Å². The normalized spacial score (nSPS) is 12.8. The molecule has 1 aliphatic carbocycles. The maximum absolute atomic E-state index is 12.8. The molecule has 2 N–H and O–H groups in total. The standard InChI is InChI=1S/C28H30N2O4S2/c1-3-34-28(33)25-22-14-5-4-6-15-23(22)36-27(25)30-24(31)17-35-20-12-9-11-19(16-20)29-26(32)21-13-8-7-10-18(21)2/h7-13,16H,3-6,14-15,17H2,1-2H3,(H,29,32)(H,30,31). The molecule has 6 nitrogen and oxygen atoms in total. The predicted octanol–water partition coefficient (Wildman–Crippen LogP) is 6.49. The summed E-state index contributed by atoms with van der Waals surface area (Å²) >= 11 is 2.87. The summed E-state index contributed by atoms with van der Waals surface area (Å²) in [6.07, 6.45) is 5.04. The van der Waals surface area contributed by atoms with Crippen LogP contribution in [0.15, 0.2) is 53.4 Å². The first-order chi connectivity index (χ1) is 17.5. The van der Waals surface area contributed by atoms with E-state index in [1.807, 2.05) is 49.4 Å². The molecule has 0 unspecified atom stereocenters. The fourth-order valence-corrected chi connectivity index (χ4v) is 6.30. The zero-order chi connectivity index (χ0) is 25.5. The Kier molecular flexibility index (Phi) is 8.83. The molecule has 0 saturated heterocycles. The third kappa shape index (κ3) is 6.36. The molecule has 3 aromatic rings. The number of thioether (sulfide) groups is 1. The van der Waals surface area contributed by atoms with Gasteiger partial charge in [-0.05, 0) is 74.9 Å². The number of carbonyl (C=O) groups excluding carboxylic acids is 3. The highest BCUT2D eigenvalue weighted by Crippen LogP contribution is 2.38. The van der Waals surface area contributed by atoms with Gasteiger partial charge in [0.2, 0.25) is 5.91 Å². The van der Waals surface area contributed by atoms with Gasteiger partial charge < -0.3 is 15.4 Å². The van der Waals surface area contributed by atoms with Crippen molar-refractivity contribution in [3.63, 3.8) is 0 Å². The summed E-state index contributed by atoms with van der Waals surface area (Å²) in [7, 11) is 0. The van der Waals surface area contributed by atoms with Crippen molar-refractivity contribution in [1.29, 1.82) is 0 Å². The van der Waals surface area contributed by atoms with Crippen molar-refractivity contribution in [2.24, 2.45) is 0 Å². The molecule has 0 fully saturated rings. The fourth-order valence-electron chi connectivity index (χ4n) is 4.25. The van der Waals surface area contributed by atoms with Crippen molar-refractivity contribution in [2.45, 2.75) is 50.8 Å². The number of nitrogens with one attached hydrogen (secondary N) is 2. The lowest BCUT2D eigenvalue weighted by molar-refractivity contribution is -0.113. The molecular formula is C28H30N2O4S2. The first kappa shape index (κ1) is 26.0. The SMILES string of the molecule is CCOC(=O)c1c(NC(=O)CSc2cccc(NC(=O)c3ccccc3C)c2)sc2c1CCCCC2. The molecule has 1 aromatic heterocycles. The number of rotatable bonds is 8. The highest BCUT2D eigenvalue weighted by Gasteiger charge is 2.26. The van der Waals surface area contributed by atoms with E-state index < -0.39 is 0 Å². The molecule has 0 spiro atoms. The van der Waals surface area contributed by atoms with Crippen LogP contribution in [-0.2, 0) is 22.4 Å². The van der Waals surface area contributed by atoms with Gasteiger partial charge in [0.15, 0.2) is 0 Å². The molecule has 36 heavy (non-hydrogen) atoms. The van der Waals surface area contributed by atoms with Gasteiger partial charge in [-0.3, -0.25) is 9.59 Å². The van der Waals surface area contributed by atoms with Crippen molar-refractivity contribution in [1.82, 2.24) is 0 Å². The number of aryl methyl sites for hydroxylation is 2. The van der Waals surface area contributed by atoms with Crippen molar-refractivity contribution >= 4 is 51.6 Å². The van der Waals surface area contributed by atoms with Crippen LogP contribution in [-0.4, -0.2) is 30.1 Å². The number of esters is 1. The van der Waals surface area contributed by atoms with E-state index in [-0.39, 0.29) is 23.5 Å². The zero-order valence-electron chi connectivity index (χ0n) is 20.5. The largest absolute Gasteiger partial charge is 0.462 e. The number of amides is 2. The molecule has 0 bridgehead atoms. The van der Waals surface area contributed by atoms with Crippen LogP contribution in [0, 0.1) is 6.92 Å². The van der Waals surface area contributed by atoms with E-state index in [0.717, 1.165) is 48.1 Å². The Morgan fingerprint density at radius 2 is 1.81 bits per heavy atom. The van der Waals surface area contributed by atoms with E-state index >= 15 is 0 Å². The fraction of sp³-hybridized carbons (Fsp3) is 0.321. The number of fused-ring (bicyclic) bond motifs is 1. The van der Waals surface area contributed by atoms with E-state index in [4.69, 9.17) is 4.74 Å². The first-order valence-electron chi connectivity index (χ1n) is 12.2. The van der Waals surface area contributed by atoms with E-state index in [1.165, 1.54) is 28.0 Å². The average Bonchev–Trinajstić information content (AvgIpc) is 3.03. The molecule has 0 saturated carbocycles. The Hall–Kier alpha value is -3.10. The smallest absolute Gasteiger partial charge is 0.341 e. The molecule has 2 aromatic carbocycles. The molecule has 1 aliphatic rings. The number of hydrogen-bond donors (Lipinski definition) is 2. The number of benzene rings is 2. The molecule has 1 heterocycles. The number of hydrogen-bond acceptors (Lipinski definition) is 6. The monoisotopic (exact) mass is 522 g/mol. The summed E-state index contributed by atoms with van der Waals surface area (Å²) in [5.74, 6) is -0.537. The van der Waals surface area contributed by atoms with Crippen LogP contribution < -0.4 is 10.6 Å². The summed E-state index contributed by atoms with van der Waals surface area (Å²) in [6.45, 7) is 3.98. The van der Waals surface area contributed by atoms with Gasteiger partial charge >= 0.3 is 5.97 Å². The molecule has 0 atom stereocenters. The quantitative estimate of drug-likeness (QED) is 0.201. The van der Waals surface area contributed by atoms with Gasteiger partial charge in [-0.15, -0.1) is 23.1 Å². The zero-order valence-corrected chi connectivity index (χ0v) is 22.2. The summed E-state index contributed by atoms with van der Waals surface area (Å²) in [6, 6.07) is 14.9. The molecule has 188 valence electrons.